The molecule has 0 aromatic rings. The normalized spacial score (nSPS) is 40.8. The van der Waals surface area contributed by atoms with Gasteiger partial charge in [-0.1, -0.05) is 6.92 Å². The average molecular weight is 350 g/mol. The second-order valence-electron chi connectivity index (χ2n) is 8.92. The van der Waals surface area contributed by atoms with Crippen molar-refractivity contribution >= 4 is 17.9 Å². The fourth-order valence-electron chi connectivity index (χ4n) is 5.52. The molecule has 6 atom stereocenters. The van der Waals surface area contributed by atoms with Gasteiger partial charge in [0.15, 0.2) is 6.61 Å². The number of rotatable bonds is 5. The highest BCUT2D eigenvalue weighted by Crippen LogP contribution is 2.68. The second kappa shape index (κ2) is 5.45. The first-order chi connectivity index (χ1) is 11.8. The first-order valence-electron chi connectivity index (χ1n) is 9.34. The van der Waals surface area contributed by atoms with Crippen molar-refractivity contribution in [1.82, 2.24) is 0 Å². The van der Waals surface area contributed by atoms with Gasteiger partial charge in [-0.15, -0.1) is 0 Å². The van der Waals surface area contributed by atoms with Gasteiger partial charge in [0.25, 0.3) is 0 Å². The molecule has 25 heavy (non-hydrogen) atoms. The van der Waals surface area contributed by atoms with E-state index in [1.165, 1.54) is 0 Å². The Morgan fingerprint density at radius 2 is 2.04 bits per heavy atom. The van der Waals surface area contributed by atoms with Crippen molar-refractivity contribution in [2.24, 2.45) is 28.6 Å². The van der Waals surface area contributed by atoms with Gasteiger partial charge in [0.05, 0.1) is 11.3 Å². The van der Waals surface area contributed by atoms with E-state index < -0.39 is 17.4 Å². The van der Waals surface area contributed by atoms with E-state index in [0.29, 0.717) is 12.3 Å². The third-order valence-electron chi connectivity index (χ3n) is 7.09. The van der Waals surface area contributed by atoms with Gasteiger partial charge in [-0.2, -0.15) is 0 Å². The summed E-state index contributed by atoms with van der Waals surface area (Å²) in [6.07, 6.45) is 3.78. The van der Waals surface area contributed by atoms with Crippen molar-refractivity contribution in [2.75, 3.05) is 6.61 Å². The predicted molar refractivity (Wildman–Crippen MR) is 86.2 cm³/mol. The van der Waals surface area contributed by atoms with Crippen molar-refractivity contribution in [1.29, 1.82) is 0 Å². The lowest BCUT2D eigenvalue weighted by Gasteiger charge is -2.28. The molecule has 3 bridgehead atoms. The van der Waals surface area contributed by atoms with Crippen LogP contribution in [0.3, 0.4) is 0 Å². The molecule has 0 radical (unpaired) electrons. The predicted octanol–water partition coefficient (Wildman–Crippen LogP) is 2.24. The van der Waals surface area contributed by atoms with Crippen molar-refractivity contribution in [3.63, 3.8) is 0 Å². The number of ether oxygens (including phenoxy) is 3. The lowest BCUT2D eigenvalue weighted by Crippen LogP contribution is -2.37. The van der Waals surface area contributed by atoms with E-state index in [1.54, 1.807) is 13.8 Å². The topological polar surface area (TPSA) is 78.9 Å². The lowest BCUT2D eigenvalue weighted by atomic mass is 9.73. The van der Waals surface area contributed by atoms with Crippen molar-refractivity contribution in [2.45, 2.75) is 65.1 Å². The molecule has 1 aliphatic heterocycles. The van der Waals surface area contributed by atoms with Crippen LogP contribution < -0.4 is 0 Å². The highest BCUT2D eigenvalue weighted by atomic mass is 16.6. The highest BCUT2D eigenvalue weighted by molar-refractivity contribution is 5.80. The van der Waals surface area contributed by atoms with Crippen LogP contribution in [-0.4, -0.2) is 36.7 Å². The molecular weight excluding hydrogens is 324 g/mol. The Kier molecular flexibility index (Phi) is 3.68. The van der Waals surface area contributed by atoms with E-state index in [-0.39, 0.29) is 42.0 Å². The third-order valence-corrected chi connectivity index (χ3v) is 7.09. The largest absolute Gasteiger partial charge is 0.458 e. The fraction of sp³-hybridized carbons (Fsp3) is 0.842. The molecule has 4 aliphatic rings. The SMILES string of the molecule is CCC(C)(C)C(=O)OCC(=O)OC1C2CC3CC4C(=O)OC1C4(C3)C2. The molecule has 0 N–H and O–H groups in total. The molecule has 4 fully saturated rings. The number of carbonyl (C=O) groups is 3. The summed E-state index contributed by atoms with van der Waals surface area (Å²) in [6.45, 7) is 5.09. The van der Waals surface area contributed by atoms with Crippen LogP contribution in [-0.2, 0) is 28.6 Å². The summed E-state index contributed by atoms with van der Waals surface area (Å²) >= 11 is 0. The molecule has 3 aliphatic carbocycles. The van der Waals surface area contributed by atoms with Gasteiger partial charge in [0.1, 0.15) is 12.2 Å². The first-order valence-corrected chi connectivity index (χ1v) is 9.34. The molecule has 6 unspecified atom stereocenters. The van der Waals surface area contributed by atoms with E-state index in [1.807, 2.05) is 6.92 Å². The minimum Gasteiger partial charge on any atom is -0.458 e. The molecule has 1 heterocycles. The number of esters is 3. The van der Waals surface area contributed by atoms with Crippen molar-refractivity contribution in [3.8, 4) is 0 Å². The summed E-state index contributed by atoms with van der Waals surface area (Å²) in [5, 5.41) is 0. The van der Waals surface area contributed by atoms with Crippen LogP contribution in [0.25, 0.3) is 0 Å². The van der Waals surface area contributed by atoms with E-state index in [0.717, 1.165) is 25.7 Å². The number of hydrogen-bond acceptors (Lipinski definition) is 6. The van der Waals surface area contributed by atoms with Crippen LogP contribution in [0.5, 0.6) is 0 Å². The maximum atomic E-state index is 12.2. The second-order valence-corrected chi connectivity index (χ2v) is 8.92. The molecule has 1 saturated heterocycles. The van der Waals surface area contributed by atoms with Crippen LogP contribution in [0.4, 0.5) is 0 Å². The van der Waals surface area contributed by atoms with E-state index in [2.05, 4.69) is 0 Å². The fourth-order valence-corrected chi connectivity index (χ4v) is 5.52. The molecule has 138 valence electrons. The van der Waals surface area contributed by atoms with Crippen LogP contribution >= 0.6 is 0 Å². The summed E-state index contributed by atoms with van der Waals surface area (Å²) in [6, 6.07) is 0. The van der Waals surface area contributed by atoms with Gasteiger partial charge >= 0.3 is 17.9 Å². The van der Waals surface area contributed by atoms with Crippen LogP contribution in [0.15, 0.2) is 0 Å². The standard InChI is InChI=1S/C19H26O6/c1-4-18(2,3)17(22)23-9-13(20)24-14-11-5-10-6-12-16(21)25-15(14)19(12,7-10)8-11/h10-12,14-15H,4-9H2,1-3H3. The molecule has 0 aromatic heterocycles. The van der Waals surface area contributed by atoms with Crippen molar-refractivity contribution < 1.29 is 28.6 Å². The molecule has 1 spiro atoms. The minimum atomic E-state index is -0.615. The highest BCUT2D eigenvalue weighted by Gasteiger charge is 2.72. The van der Waals surface area contributed by atoms with Crippen LogP contribution in [0.1, 0.15) is 52.9 Å². The van der Waals surface area contributed by atoms with Gasteiger partial charge in [0.2, 0.25) is 0 Å². The molecule has 3 saturated carbocycles. The molecule has 6 nitrogen and oxygen atoms in total. The van der Waals surface area contributed by atoms with Crippen molar-refractivity contribution in [3.05, 3.63) is 0 Å². The molecule has 4 rings (SSSR count). The molecule has 6 heteroatoms. The number of fused-ring (bicyclic) bond motifs is 2. The Morgan fingerprint density at radius 1 is 1.28 bits per heavy atom. The summed E-state index contributed by atoms with van der Waals surface area (Å²) in [7, 11) is 0. The number of carbonyl (C=O) groups excluding carboxylic acids is 3. The van der Waals surface area contributed by atoms with Gasteiger partial charge in [-0.25, -0.2) is 4.79 Å². The van der Waals surface area contributed by atoms with Gasteiger partial charge in [0, 0.05) is 11.3 Å². The Hall–Kier alpha value is -1.59. The zero-order valence-corrected chi connectivity index (χ0v) is 15.1. The first kappa shape index (κ1) is 16.9. The monoisotopic (exact) mass is 350 g/mol. The van der Waals surface area contributed by atoms with E-state index in [4.69, 9.17) is 14.2 Å². The van der Waals surface area contributed by atoms with Gasteiger partial charge in [-0.05, 0) is 51.9 Å². The molecular formula is C19H26O6. The Balaban J connectivity index is 1.40. The molecule has 0 aromatic carbocycles. The number of hydrogen-bond donors (Lipinski definition) is 0. The zero-order valence-electron chi connectivity index (χ0n) is 15.1. The Morgan fingerprint density at radius 3 is 2.76 bits per heavy atom. The molecule has 0 amide bonds. The van der Waals surface area contributed by atoms with Crippen LogP contribution in [0, 0.1) is 28.6 Å². The van der Waals surface area contributed by atoms with Crippen LogP contribution in [0.2, 0.25) is 0 Å². The lowest BCUT2D eigenvalue weighted by molar-refractivity contribution is -0.173. The Labute approximate surface area is 147 Å². The summed E-state index contributed by atoms with van der Waals surface area (Å²) in [4.78, 5) is 36.4. The maximum absolute atomic E-state index is 12.2. The smallest absolute Gasteiger partial charge is 0.344 e. The summed E-state index contributed by atoms with van der Waals surface area (Å²) in [5.74, 6) is -0.282. The van der Waals surface area contributed by atoms with Gasteiger partial charge in [-0.3, -0.25) is 9.59 Å². The maximum Gasteiger partial charge on any atom is 0.344 e. The van der Waals surface area contributed by atoms with E-state index >= 15 is 0 Å². The Bertz CT molecular complexity index is 625. The average Bonchev–Trinajstić information content (AvgIpc) is 3.07. The quantitative estimate of drug-likeness (QED) is 0.559. The van der Waals surface area contributed by atoms with Gasteiger partial charge < -0.3 is 14.2 Å². The summed E-state index contributed by atoms with van der Waals surface area (Å²) < 4.78 is 16.4. The zero-order chi connectivity index (χ0) is 18.0. The third kappa shape index (κ3) is 2.40. The summed E-state index contributed by atoms with van der Waals surface area (Å²) in [5.41, 5.74) is -0.729. The minimum absolute atomic E-state index is 0.0145. The van der Waals surface area contributed by atoms with E-state index in [9.17, 15) is 14.4 Å².